The van der Waals surface area contributed by atoms with E-state index in [2.05, 4.69) is 41.9 Å². The molecule has 10 heteroatoms. The number of aromatic nitrogens is 2. The molecule has 2 amide bonds. The van der Waals surface area contributed by atoms with Gasteiger partial charge in [-0.25, -0.2) is 4.79 Å². The fourth-order valence-corrected chi connectivity index (χ4v) is 4.24. The van der Waals surface area contributed by atoms with Gasteiger partial charge in [-0.15, -0.1) is 0 Å². The summed E-state index contributed by atoms with van der Waals surface area (Å²) in [6.45, 7) is 1.72. The van der Waals surface area contributed by atoms with Crippen molar-refractivity contribution in [3.8, 4) is 17.0 Å². The highest BCUT2D eigenvalue weighted by molar-refractivity contribution is 9.10. The minimum absolute atomic E-state index is 0.359. The average molecular weight is 536 g/mol. The SMILES string of the molecule is CNCCCN(C)c1cc(Cl)ccc1NC(=O)Nc1ccc(OC)c(-c2c(Br)cnn2C)c1. The molecule has 0 unspecified atom stereocenters. The predicted molar refractivity (Wildman–Crippen MR) is 139 cm³/mol. The largest absolute Gasteiger partial charge is 0.496 e. The Labute approximate surface area is 207 Å². The molecule has 3 rings (SSSR count). The van der Waals surface area contributed by atoms with E-state index in [1.165, 1.54) is 0 Å². The first-order chi connectivity index (χ1) is 15.8. The number of amides is 2. The molecule has 0 atom stereocenters. The Bertz CT molecular complexity index is 1100. The number of hydrogen-bond acceptors (Lipinski definition) is 5. The number of anilines is 3. The summed E-state index contributed by atoms with van der Waals surface area (Å²) in [5, 5.41) is 13.9. The molecule has 0 aliphatic carbocycles. The molecule has 0 spiro atoms. The number of nitrogens with zero attached hydrogens (tertiary/aromatic N) is 3. The van der Waals surface area contributed by atoms with E-state index in [1.807, 2.05) is 39.3 Å². The molecule has 0 fully saturated rings. The number of rotatable bonds is 9. The molecule has 1 heterocycles. The van der Waals surface area contributed by atoms with Crippen molar-refractivity contribution < 1.29 is 9.53 Å². The number of urea groups is 1. The number of nitrogens with one attached hydrogen (secondary N) is 3. The first kappa shape index (κ1) is 24.9. The Balaban J connectivity index is 1.80. The highest BCUT2D eigenvalue weighted by atomic mass is 79.9. The van der Waals surface area contributed by atoms with E-state index in [0.29, 0.717) is 22.1 Å². The van der Waals surface area contributed by atoms with Crippen LogP contribution in [-0.4, -0.2) is 50.1 Å². The molecule has 8 nitrogen and oxygen atoms in total. The molecule has 1 aromatic heterocycles. The highest BCUT2D eigenvalue weighted by Crippen LogP contribution is 2.36. The van der Waals surface area contributed by atoms with Gasteiger partial charge in [-0.05, 0) is 72.3 Å². The van der Waals surface area contributed by atoms with Crippen molar-refractivity contribution >= 4 is 50.6 Å². The molecule has 0 bridgehead atoms. The second-order valence-electron chi connectivity index (χ2n) is 7.50. The van der Waals surface area contributed by atoms with E-state index in [0.717, 1.165) is 40.9 Å². The number of carbonyl (C=O) groups excluding carboxylic acids is 1. The molecule has 0 aliphatic rings. The van der Waals surface area contributed by atoms with E-state index in [-0.39, 0.29) is 6.03 Å². The quantitative estimate of drug-likeness (QED) is 0.328. The lowest BCUT2D eigenvalue weighted by atomic mass is 10.1. The fraction of sp³-hybridized carbons (Fsp3) is 0.304. The summed E-state index contributed by atoms with van der Waals surface area (Å²) >= 11 is 9.75. The number of aryl methyl sites for hydroxylation is 1. The summed E-state index contributed by atoms with van der Waals surface area (Å²) < 4.78 is 8.09. The third-order valence-electron chi connectivity index (χ3n) is 5.15. The molecular formula is C23H28BrClN6O2. The molecule has 0 aliphatic heterocycles. The monoisotopic (exact) mass is 534 g/mol. The highest BCUT2D eigenvalue weighted by Gasteiger charge is 2.16. The minimum Gasteiger partial charge on any atom is -0.496 e. The van der Waals surface area contributed by atoms with E-state index >= 15 is 0 Å². The summed E-state index contributed by atoms with van der Waals surface area (Å²) in [6, 6.07) is 10.5. The normalized spacial score (nSPS) is 10.7. The van der Waals surface area contributed by atoms with Gasteiger partial charge in [-0.1, -0.05) is 11.6 Å². The summed E-state index contributed by atoms with van der Waals surface area (Å²) in [5.41, 5.74) is 3.79. The molecule has 0 radical (unpaired) electrons. The second kappa shape index (κ2) is 11.4. The lowest BCUT2D eigenvalue weighted by molar-refractivity contribution is 0.262. The predicted octanol–water partition coefficient (Wildman–Crippen LogP) is 5.20. The van der Waals surface area contributed by atoms with Crippen LogP contribution in [-0.2, 0) is 7.05 Å². The van der Waals surface area contributed by atoms with Gasteiger partial charge in [-0.2, -0.15) is 5.10 Å². The Kier molecular flexibility index (Phi) is 8.60. The van der Waals surface area contributed by atoms with Gasteiger partial charge in [0.2, 0.25) is 0 Å². The zero-order valence-electron chi connectivity index (χ0n) is 19.1. The smallest absolute Gasteiger partial charge is 0.323 e. The first-order valence-corrected chi connectivity index (χ1v) is 11.6. The first-order valence-electron chi connectivity index (χ1n) is 10.4. The molecule has 176 valence electrons. The summed E-state index contributed by atoms with van der Waals surface area (Å²) in [7, 11) is 7.36. The summed E-state index contributed by atoms with van der Waals surface area (Å²) in [5.74, 6) is 0.674. The second-order valence-corrected chi connectivity index (χ2v) is 8.79. The summed E-state index contributed by atoms with van der Waals surface area (Å²) in [4.78, 5) is 14.9. The maximum absolute atomic E-state index is 12.8. The van der Waals surface area contributed by atoms with Crippen LogP contribution in [0.1, 0.15) is 6.42 Å². The fourth-order valence-electron chi connectivity index (χ4n) is 3.51. The number of hydrogen-bond donors (Lipinski definition) is 3. The van der Waals surface area contributed by atoms with Crippen molar-refractivity contribution in [2.24, 2.45) is 7.05 Å². The van der Waals surface area contributed by atoms with Gasteiger partial charge < -0.3 is 25.6 Å². The van der Waals surface area contributed by atoms with Crippen molar-refractivity contribution in [1.82, 2.24) is 15.1 Å². The third kappa shape index (κ3) is 6.19. The minimum atomic E-state index is -0.359. The van der Waals surface area contributed by atoms with Crippen LogP contribution in [0.4, 0.5) is 21.9 Å². The standard InChI is InChI=1S/C23H28BrClN6O2/c1-26-10-5-11-30(2)20-12-15(25)6-8-19(20)29-23(32)28-16-7-9-21(33-4)17(13-16)22-18(24)14-27-31(22)3/h6-9,12-14,26H,5,10-11H2,1-4H3,(H2,28,29,32). The van der Waals surface area contributed by atoms with Crippen molar-refractivity contribution in [1.29, 1.82) is 0 Å². The van der Waals surface area contributed by atoms with Crippen LogP contribution in [0.15, 0.2) is 47.1 Å². The number of methoxy groups -OCH3 is 1. The van der Waals surface area contributed by atoms with Crippen LogP contribution in [0.2, 0.25) is 5.02 Å². The molecule has 0 saturated heterocycles. The lowest BCUT2D eigenvalue weighted by Crippen LogP contribution is -2.25. The lowest BCUT2D eigenvalue weighted by Gasteiger charge is -2.23. The van der Waals surface area contributed by atoms with Crippen LogP contribution in [0.3, 0.4) is 0 Å². The van der Waals surface area contributed by atoms with Crippen molar-refractivity contribution in [3.63, 3.8) is 0 Å². The van der Waals surface area contributed by atoms with Crippen molar-refractivity contribution in [2.45, 2.75) is 6.42 Å². The van der Waals surface area contributed by atoms with Crippen LogP contribution >= 0.6 is 27.5 Å². The van der Waals surface area contributed by atoms with Gasteiger partial charge in [0, 0.05) is 36.9 Å². The average Bonchev–Trinajstić information content (AvgIpc) is 3.12. The van der Waals surface area contributed by atoms with Gasteiger partial charge >= 0.3 is 6.03 Å². The van der Waals surface area contributed by atoms with E-state index in [4.69, 9.17) is 16.3 Å². The van der Waals surface area contributed by atoms with E-state index in [9.17, 15) is 4.79 Å². The van der Waals surface area contributed by atoms with Crippen LogP contribution in [0, 0.1) is 0 Å². The van der Waals surface area contributed by atoms with Crippen LogP contribution in [0.25, 0.3) is 11.3 Å². The number of ether oxygens (including phenoxy) is 1. The van der Waals surface area contributed by atoms with Gasteiger partial charge in [0.15, 0.2) is 0 Å². The van der Waals surface area contributed by atoms with E-state index in [1.54, 1.807) is 36.2 Å². The van der Waals surface area contributed by atoms with E-state index < -0.39 is 0 Å². The molecule has 3 N–H and O–H groups in total. The van der Waals surface area contributed by atoms with Gasteiger partial charge in [0.05, 0.1) is 34.8 Å². The number of halogens is 2. The summed E-state index contributed by atoms with van der Waals surface area (Å²) in [6.07, 6.45) is 2.68. The van der Waals surface area contributed by atoms with Gasteiger partial charge in [-0.3, -0.25) is 4.68 Å². The zero-order valence-corrected chi connectivity index (χ0v) is 21.4. The van der Waals surface area contributed by atoms with Crippen LogP contribution in [0.5, 0.6) is 5.75 Å². The van der Waals surface area contributed by atoms with Gasteiger partial charge in [0.25, 0.3) is 0 Å². The zero-order chi connectivity index (χ0) is 24.0. The Morgan fingerprint density at radius 1 is 1.24 bits per heavy atom. The Morgan fingerprint density at radius 2 is 2.03 bits per heavy atom. The molecule has 3 aromatic rings. The topological polar surface area (TPSA) is 83.4 Å². The molecular weight excluding hydrogens is 508 g/mol. The van der Waals surface area contributed by atoms with Gasteiger partial charge in [0.1, 0.15) is 5.75 Å². The van der Waals surface area contributed by atoms with Crippen LogP contribution < -0.4 is 25.6 Å². The van der Waals surface area contributed by atoms with Crippen molar-refractivity contribution in [3.05, 3.63) is 52.1 Å². The Morgan fingerprint density at radius 3 is 2.70 bits per heavy atom. The molecule has 0 saturated carbocycles. The van der Waals surface area contributed by atoms with Crippen molar-refractivity contribution in [2.75, 3.05) is 49.8 Å². The maximum Gasteiger partial charge on any atom is 0.323 e. The Hall–Kier alpha value is -2.75. The third-order valence-corrected chi connectivity index (χ3v) is 5.96. The molecule has 2 aromatic carbocycles. The molecule has 33 heavy (non-hydrogen) atoms. The number of carbonyl (C=O) groups is 1. The maximum atomic E-state index is 12.8. The number of benzene rings is 2.